The lowest BCUT2D eigenvalue weighted by Crippen LogP contribution is -2.27. The molecule has 0 radical (unpaired) electrons. The molecule has 6 N–H and O–H groups in total. The van der Waals surface area contributed by atoms with Crippen molar-refractivity contribution in [1.29, 1.82) is 10.8 Å². The van der Waals surface area contributed by atoms with Gasteiger partial charge < -0.3 is 25.7 Å². The van der Waals surface area contributed by atoms with Crippen LogP contribution in [0.4, 0.5) is 4.39 Å². The highest BCUT2D eigenvalue weighted by Crippen LogP contribution is 2.35. The van der Waals surface area contributed by atoms with Gasteiger partial charge in [-0.1, -0.05) is 52.9 Å². The molecule has 1 aromatic heterocycles. The van der Waals surface area contributed by atoms with Crippen molar-refractivity contribution in [2.45, 2.75) is 19.9 Å². The van der Waals surface area contributed by atoms with Crippen LogP contribution in [0, 0.1) is 23.6 Å². The molecular weight excluding hydrogens is 529 g/mol. The van der Waals surface area contributed by atoms with E-state index in [4.69, 9.17) is 32.0 Å². The van der Waals surface area contributed by atoms with Crippen LogP contribution >= 0.6 is 0 Å². The van der Waals surface area contributed by atoms with Crippen LogP contribution in [-0.4, -0.2) is 29.5 Å². The van der Waals surface area contributed by atoms with Gasteiger partial charge in [0.15, 0.2) is 11.7 Å². The van der Waals surface area contributed by atoms with E-state index in [1.807, 2.05) is 37.3 Å². The van der Waals surface area contributed by atoms with Gasteiger partial charge in [-0.2, -0.15) is 0 Å². The largest absolute Gasteiger partial charge is 0.485 e. The van der Waals surface area contributed by atoms with Crippen molar-refractivity contribution in [2.75, 3.05) is 13.2 Å². The number of hydrogen-bond acceptors (Lipinski definition) is 7. The van der Waals surface area contributed by atoms with E-state index < -0.39 is 0 Å². The number of aryl methyl sites for hydroxylation is 1. The number of ether oxygens (including phenoxy) is 2. The number of aromatic nitrogens is 1. The number of halogens is 1. The number of nitrogens with one attached hydrogen (secondary N) is 2. The van der Waals surface area contributed by atoms with Crippen LogP contribution in [0.3, 0.4) is 0 Å². The minimum Gasteiger partial charge on any atom is -0.485 e. The van der Waals surface area contributed by atoms with Crippen molar-refractivity contribution in [1.82, 2.24) is 4.57 Å². The van der Waals surface area contributed by atoms with Crippen LogP contribution in [-0.2, 0) is 13.0 Å². The molecule has 0 aliphatic rings. The first-order valence-electron chi connectivity index (χ1n) is 12.4. The number of hydrogen-bond donors (Lipinski definition) is 4. The van der Waals surface area contributed by atoms with Gasteiger partial charge in [0.1, 0.15) is 30.5 Å². The van der Waals surface area contributed by atoms with Crippen LogP contribution in [0.1, 0.15) is 22.3 Å². The molecule has 210 valence electrons. The summed E-state index contributed by atoms with van der Waals surface area (Å²) >= 11 is 0. The Kier molecular flexibility index (Phi) is 9.09. The summed E-state index contributed by atoms with van der Waals surface area (Å²) in [5.41, 5.74) is 3.11. The van der Waals surface area contributed by atoms with E-state index in [0.717, 1.165) is 5.56 Å². The second kappa shape index (κ2) is 13.1. The Hall–Kier alpha value is -5.46. The van der Waals surface area contributed by atoms with Gasteiger partial charge in [-0.3, -0.25) is 15.6 Å². The molecule has 41 heavy (non-hydrogen) atoms. The Balaban J connectivity index is 1.94. The molecule has 0 bridgehead atoms. The van der Waals surface area contributed by atoms with E-state index >= 15 is 0 Å². The first-order chi connectivity index (χ1) is 19.8. The lowest BCUT2D eigenvalue weighted by molar-refractivity contribution is 0.358. The van der Waals surface area contributed by atoms with Crippen LogP contribution < -0.4 is 26.7 Å². The number of rotatable bonds is 10. The molecule has 0 saturated heterocycles. The fourth-order valence-corrected chi connectivity index (χ4v) is 4.38. The zero-order valence-corrected chi connectivity index (χ0v) is 22.2. The van der Waals surface area contributed by atoms with Gasteiger partial charge in [-0.15, -0.1) is 10.2 Å². The fraction of sp³-hybridized carbons (Fsp3) is 0.179. The molecule has 0 unspecified atom stereocenters. The molecule has 0 fully saturated rings. The van der Waals surface area contributed by atoms with Crippen LogP contribution in [0.2, 0.25) is 0 Å². The SMILES string of the molecule is Cc1c(Cc2ccccc2)c(=O)n(Cc2ccc(F)cc2)c2cc(OCC(=N)N=NN)cc(OCC(=N)N=NN)c12. The van der Waals surface area contributed by atoms with Gasteiger partial charge >= 0.3 is 0 Å². The maximum Gasteiger partial charge on any atom is 0.255 e. The maximum atomic E-state index is 14.1. The average molecular weight is 558 g/mol. The van der Waals surface area contributed by atoms with E-state index in [2.05, 4.69) is 20.7 Å². The van der Waals surface area contributed by atoms with E-state index in [1.165, 1.54) is 12.1 Å². The number of nitrogens with zero attached hydrogens (tertiary/aromatic N) is 5. The highest BCUT2D eigenvalue weighted by Gasteiger charge is 2.20. The minimum atomic E-state index is -0.389. The first-order valence-corrected chi connectivity index (χ1v) is 12.4. The Morgan fingerprint density at radius 3 is 2.17 bits per heavy atom. The molecule has 0 aliphatic heterocycles. The van der Waals surface area contributed by atoms with Crippen molar-refractivity contribution >= 4 is 22.6 Å². The predicted octanol–water partition coefficient (Wildman–Crippen LogP) is 4.45. The zero-order valence-electron chi connectivity index (χ0n) is 22.2. The second-order valence-corrected chi connectivity index (χ2v) is 9.00. The van der Waals surface area contributed by atoms with E-state index in [9.17, 15) is 9.18 Å². The summed E-state index contributed by atoms with van der Waals surface area (Å²) in [4.78, 5) is 14.1. The quantitative estimate of drug-likeness (QED) is 0.0735. The maximum absolute atomic E-state index is 14.1. The molecule has 0 amide bonds. The van der Waals surface area contributed by atoms with Crippen molar-refractivity contribution in [3.63, 3.8) is 0 Å². The molecule has 0 atom stereocenters. The molecule has 0 aliphatic carbocycles. The Labute approximate surface area is 234 Å². The molecule has 12 nitrogen and oxygen atoms in total. The highest BCUT2D eigenvalue weighted by molar-refractivity contribution is 5.92. The van der Waals surface area contributed by atoms with Gasteiger partial charge in [0.05, 0.1) is 12.1 Å². The smallest absolute Gasteiger partial charge is 0.255 e. The van der Waals surface area contributed by atoms with Crippen molar-refractivity contribution in [2.24, 2.45) is 32.4 Å². The highest BCUT2D eigenvalue weighted by atomic mass is 19.1. The zero-order chi connectivity index (χ0) is 29.4. The number of nitrogens with two attached hydrogens (primary N) is 2. The first kappa shape index (κ1) is 28.5. The lowest BCUT2D eigenvalue weighted by atomic mass is 9.97. The molecule has 4 aromatic rings. The van der Waals surface area contributed by atoms with E-state index in [-0.39, 0.29) is 48.6 Å². The lowest BCUT2D eigenvalue weighted by Gasteiger charge is -2.20. The average Bonchev–Trinajstić information content (AvgIpc) is 2.97. The monoisotopic (exact) mass is 557 g/mol. The van der Waals surface area contributed by atoms with Crippen molar-refractivity contribution < 1.29 is 13.9 Å². The third kappa shape index (κ3) is 6.95. The summed E-state index contributed by atoms with van der Waals surface area (Å²) in [5.74, 6) is 9.84. The van der Waals surface area contributed by atoms with E-state index in [0.29, 0.717) is 39.8 Å². The van der Waals surface area contributed by atoms with Gasteiger partial charge in [-0.05, 0) is 35.7 Å². The second-order valence-electron chi connectivity index (χ2n) is 9.00. The summed E-state index contributed by atoms with van der Waals surface area (Å²) in [5, 5.41) is 29.5. The Morgan fingerprint density at radius 1 is 0.902 bits per heavy atom. The van der Waals surface area contributed by atoms with Gasteiger partial charge in [0, 0.05) is 29.5 Å². The Morgan fingerprint density at radius 2 is 1.54 bits per heavy atom. The van der Waals surface area contributed by atoms with Gasteiger partial charge in [0.2, 0.25) is 0 Å². The molecule has 4 rings (SSSR count). The third-order valence-corrected chi connectivity index (χ3v) is 6.25. The van der Waals surface area contributed by atoms with Crippen LogP contribution in [0.25, 0.3) is 10.9 Å². The van der Waals surface area contributed by atoms with Gasteiger partial charge in [0.25, 0.3) is 5.56 Å². The van der Waals surface area contributed by atoms with Gasteiger partial charge in [-0.25, -0.2) is 4.39 Å². The molecule has 1 heterocycles. The third-order valence-electron chi connectivity index (χ3n) is 6.25. The number of amidine groups is 2. The van der Waals surface area contributed by atoms with Crippen LogP contribution in [0.5, 0.6) is 11.5 Å². The topological polar surface area (TPSA) is 190 Å². The molecule has 0 spiro atoms. The van der Waals surface area contributed by atoms with Crippen molar-refractivity contribution in [3.05, 3.63) is 105 Å². The molecule has 13 heteroatoms. The van der Waals surface area contributed by atoms with Crippen molar-refractivity contribution in [3.8, 4) is 11.5 Å². The molecular formula is C28H28FN9O3. The summed E-state index contributed by atoms with van der Waals surface area (Å²) in [7, 11) is 0. The summed E-state index contributed by atoms with van der Waals surface area (Å²) < 4.78 is 27.0. The summed E-state index contributed by atoms with van der Waals surface area (Å²) in [6, 6.07) is 18.7. The Bertz CT molecular complexity index is 1680. The standard InChI is InChI=1S/C28H28FN9O3/c1-17-22(11-18-5-3-2-4-6-18)28(39)38(14-19-7-9-20(29)10-8-19)23-12-21(40-15-25(30)34-36-32)13-24(27(17)23)41-16-26(31)35-37-33/h2-10,12-13H,11,14-16H2,1H3,(H3,30,32,34)(H3,31,33,35). The summed E-state index contributed by atoms with van der Waals surface area (Å²) in [6.07, 6.45) is 0.362. The van der Waals surface area contributed by atoms with E-state index in [1.54, 1.807) is 28.8 Å². The molecule has 3 aromatic carbocycles. The normalized spacial score (nSPS) is 11.4. The number of benzene rings is 3. The summed E-state index contributed by atoms with van der Waals surface area (Å²) in [6.45, 7) is 1.45. The number of pyridine rings is 1. The number of fused-ring (bicyclic) bond motifs is 1. The van der Waals surface area contributed by atoms with Crippen LogP contribution in [0.15, 0.2) is 92.2 Å². The molecule has 0 saturated carbocycles. The fourth-order valence-electron chi connectivity index (χ4n) is 4.38. The minimum absolute atomic E-state index is 0.134. The predicted molar refractivity (Wildman–Crippen MR) is 152 cm³/mol.